The summed E-state index contributed by atoms with van der Waals surface area (Å²) in [6.07, 6.45) is -4.40. The van der Waals surface area contributed by atoms with Crippen LogP contribution in [0.15, 0.2) is 48.5 Å². The van der Waals surface area contributed by atoms with Crippen LogP contribution in [0.5, 0.6) is 0 Å². The summed E-state index contributed by atoms with van der Waals surface area (Å²) in [5.74, 6) is 4.42. The average Bonchev–Trinajstić information content (AvgIpc) is 2.69. The van der Waals surface area contributed by atoms with E-state index in [-0.39, 0.29) is 12.1 Å². The van der Waals surface area contributed by atoms with Crippen LogP contribution in [0, 0.1) is 11.8 Å². The fourth-order valence-corrected chi connectivity index (χ4v) is 2.21. The van der Waals surface area contributed by atoms with Gasteiger partial charge in [0.2, 0.25) is 0 Å². The van der Waals surface area contributed by atoms with Crippen LogP contribution in [0.25, 0.3) is 0 Å². The minimum absolute atomic E-state index is 0.137. The Morgan fingerprint density at radius 1 is 1.00 bits per heavy atom. The molecule has 5 nitrogen and oxygen atoms in total. The highest BCUT2D eigenvalue weighted by Crippen LogP contribution is 2.28. The lowest BCUT2D eigenvalue weighted by Crippen LogP contribution is -2.46. The van der Waals surface area contributed by atoms with Gasteiger partial charge in [-0.3, -0.25) is 9.59 Å². The van der Waals surface area contributed by atoms with Gasteiger partial charge in [-0.25, -0.2) is 0 Å². The van der Waals surface area contributed by atoms with Crippen LogP contribution in [0.2, 0.25) is 0 Å². The van der Waals surface area contributed by atoms with E-state index in [1.807, 2.05) is 0 Å². The molecule has 4 N–H and O–H groups in total. The van der Waals surface area contributed by atoms with Crippen molar-refractivity contribution in [3.8, 4) is 11.8 Å². The van der Waals surface area contributed by atoms with E-state index in [2.05, 4.69) is 17.2 Å². The Morgan fingerprint density at radius 2 is 1.50 bits per heavy atom. The van der Waals surface area contributed by atoms with Gasteiger partial charge in [0.25, 0.3) is 5.91 Å². The number of halogens is 3. The Balaban J connectivity index is 2.06. The number of aliphatic hydroxyl groups is 1. The largest absolute Gasteiger partial charge is 0.416 e. The maximum absolute atomic E-state index is 12.5. The Morgan fingerprint density at radius 3 is 1.93 bits per heavy atom. The second kappa shape index (κ2) is 9.17. The Kier molecular flexibility index (Phi) is 6.93. The molecule has 2 aromatic carbocycles. The van der Waals surface area contributed by atoms with Gasteiger partial charge in [0.05, 0.1) is 5.56 Å². The molecule has 0 radical (unpaired) electrons. The Bertz CT molecular complexity index is 896. The van der Waals surface area contributed by atoms with Crippen molar-refractivity contribution < 1.29 is 27.9 Å². The van der Waals surface area contributed by atoms with Gasteiger partial charge in [-0.15, -0.1) is 0 Å². The highest BCUT2D eigenvalue weighted by Gasteiger charge is 2.29. The lowest BCUT2D eigenvalue weighted by atomic mass is 10.1. The minimum Gasteiger partial charge on any atom is -0.388 e. The molecule has 0 heterocycles. The summed E-state index contributed by atoms with van der Waals surface area (Å²) >= 11 is 0. The van der Waals surface area contributed by atoms with Crippen molar-refractivity contribution >= 4 is 11.7 Å². The summed E-state index contributed by atoms with van der Waals surface area (Å²) in [5.41, 5.74) is 5.90. The molecule has 0 unspecified atom stereocenters. The van der Waals surface area contributed by atoms with Crippen LogP contribution in [0.3, 0.4) is 0 Å². The van der Waals surface area contributed by atoms with Crippen molar-refractivity contribution in [1.29, 1.82) is 0 Å². The number of hydrogen-bond donors (Lipinski definition) is 3. The fraction of sp³-hybridized carbons (Fsp3) is 0.200. The van der Waals surface area contributed by atoms with Crippen LogP contribution < -0.4 is 11.1 Å². The van der Waals surface area contributed by atoms with Crippen molar-refractivity contribution in [2.45, 2.75) is 12.2 Å². The van der Waals surface area contributed by atoms with Gasteiger partial charge in [-0.2, -0.15) is 13.2 Å². The summed E-state index contributed by atoms with van der Waals surface area (Å²) in [5, 5.41) is 11.3. The Hall–Kier alpha value is -3.15. The first-order valence-corrected chi connectivity index (χ1v) is 8.18. The highest BCUT2D eigenvalue weighted by molar-refractivity contribution is 5.98. The topological polar surface area (TPSA) is 92.4 Å². The van der Waals surface area contributed by atoms with Crippen molar-refractivity contribution in [1.82, 2.24) is 5.32 Å². The quantitative estimate of drug-likeness (QED) is 0.678. The molecule has 2 rings (SSSR count). The maximum Gasteiger partial charge on any atom is 0.416 e. The lowest BCUT2D eigenvalue weighted by molar-refractivity contribution is -0.137. The SMILES string of the molecule is NC[C@H](NC(=O)c1ccc(C#Cc2ccc(C(F)(F)F)cc2)cc1)C(=O)CO. The van der Waals surface area contributed by atoms with Crippen LogP contribution in [0.4, 0.5) is 13.2 Å². The molecular weight excluding hydrogens is 373 g/mol. The molecule has 0 spiro atoms. The number of hydrogen-bond acceptors (Lipinski definition) is 4. The average molecular weight is 390 g/mol. The number of nitrogens with two attached hydrogens (primary N) is 1. The van der Waals surface area contributed by atoms with E-state index in [0.717, 1.165) is 12.1 Å². The van der Waals surface area contributed by atoms with Crippen LogP contribution in [0.1, 0.15) is 27.0 Å². The first-order chi connectivity index (χ1) is 13.2. The predicted molar refractivity (Wildman–Crippen MR) is 96.3 cm³/mol. The zero-order chi connectivity index (χ0) is 20.7. The molecule has 146 valence electrons. The molecule has 8 heteroatoms. The van der Waals surface area contributed by atoms with E-state index < -0.39 is 36.1 Å². The molecule has 0 aliphatic heterocycles. The maximum atomic E-state index is 12.5. The third kappa shape index (κ3) is 5.67. The van der Waals surface area contributed by atoms with Gasteiger partial charge < -0.3 is 16.2 Å². The van der Waals surface area contributed by atoms with E-state index >= 15 is 0 Å². The standard InChI is InChI=1S/C20H17F3N2O3/c21-20(22,23)16-9-5-14(6-10-16)2-1-13-3-7-15(8-4-13)19(28)25-17(11-24)18(27)12-26/h3-10,17,26H,11-12,24H2,(H,25,28)/t17-/m0/s1. The molecule has 0 aliphatic carbocycles. The van der Waals surface area contributed by atoms with Gasteiger partial charge >= 0.3 is 6.18 Å². The van der Waals surface area contributed by atoms with Crippen molar-refractivity contribution in [2.24, 2.45) is 5.73 Å². The zero-order valence-corrected chi connectivity index (χ0v) is 14.6. The number of carbonyl (C=O) groups excluding carboxylic acids is 2. The molecule has 0 aromatic heterocycles. The lowest BCUT2D eigenvalue weighted by Gasteiger charge is -2.14. The van der Waals surface area contributed by atoms with E-state index in [1.165, 1.54) is 24.3 Å². The van der Waals surface area contributed by atoms with Gasteiger partial charge in [0, 0.05) is 23.2 Å². The van der Waals surface area contributed by atoms with Crippen molar-refractivity contribution in [3.63, 3.8) is 0 Å². The number of benzene rings is 2. The monoisotopic (exact) mass is 390 g/mol. The third-order valence-electron chi connectivity index (χ3n) is 3.80. The first kappa shape index (κ1) is 21.2. The minimum atomic E-state index is -4.40. The van der Waals surface area contributed by atoms with E-state index in [0.29, 0.717) is 11.1 Å². The molecule has 0 aliphatic rings. The number of amides is 1. The number of alkyl halides is 3. The van der Waals surface area contributed by atoms with Crippen LogP contribution >= 0.6 is 0 Å². The third-order valence-corrected chi connectivity index (χ3v) is 3.80. The molecule has 0 fully saturated rings. The van der Waals surface area contributed by atoms with Gasteiger partial charge in [-0.05, 0) is 48.5 Å². The summed E-state index contributed by atoms with van der Waals surface area (Å²) in [6.45, 7) is -0.859. The van der Waals surface area contributed by atoms with E-state index in [1.54, 1.807) is 12.1 Å². The second-order valence-corrected chi connectivity index (χ2v) is 5.79. The van der Waals surface area contributed by atoms with Crippen LogP contribution in [-0.4, -0.2) is 36.0 Å². The number of ketones is 1. The smallest absolute Gasteiger partial charge is 0.388 e. The van der Waals surface area contributed by atoms with Gasteiger partial charge in [0.1, 0.15) is 12.6 Å². The highest BCUT2D eigenvalue weighted by atomic mass is 19.4. The summed E-state index contributed by atoms with van der Waals surface area (Å²) < 4.78 is 37.6. The normalized spacial score (nSPS) is 11.9. The zero-order valence-electron chi connectivity index (χ0n) is 14.6. The number of nitrogens with one attached hydrogen (secondary N) is 1. The van der Waals surface area contributed by atoms with Gasteiger partial charge in [0.15, 0.2) is 5.78 Å². The number of carbonyl (C=O) groups is 2. The molecule has 28 heavy (non-hydrogen) atoms. The second-order valence-electron chi connectivity index (χ2n) is 5.79. The molecular formula is C20H17F3N2O3. The summed E-state index contributed by atoms with van der Waals surface area (Å²) in [4.78, 5) is 23.5. The van der Waals surface area contributed by atoms with E-state index in [4.69, 9.17) is 10.8 Å². The molecule has 0 bridgehead atoms. The summed E-state index contributed by atoms with van der Waals surface area (Å²) in [7, 11) is 0. The first-order valence-electron chi connectivity index (χ1n) is 8.18. The van der Waals surface area contributed by atoms with Crippen molar-refractivity contribution in [3.05, 3.63) is 70.8 Å². The number of Topliss-reactive ketones (excluding diaryl/α,β-unsaturated/α-hetero) is 1. The van der Waals surface area contributed by atoms with Crippen molar-refractivity contribution in [2.75, 3.05) is 13.2 Å². The molecule has 1 atom stereocenters. The van der Waals surface area contributed by atoms with Crippen LogP contribution in [-0.2, 0) is 11.0 Å². The summed E-state index contributed by atoms with van der Waals surface area (Å²) in [6, 6.07) is 9.61. The molecule has 1 amide bonds. The number of aliphatic hydroxyl groups excluding tert-OH is 1. The molecule has 2 aromatic rings. The van der Waals surface area contributed by atoms with E-state index in [9.17, 15) is 22.8 Å². The fourth-order valence-electron chi connectivity index (χ4n) is 2.21. The predicted octanol–water partition coefficient (Wildman–Crippen LogP) is 1.72. The molecule has 0 saturated heterocycles. The molecule has 0 saturated carbocycles. The number of rotatable bonds is 5. The Labute approximate surface area is 159 Å². The van der Waals surface area contributed by atoms with Gasteiger partial charge in [-0.1, -0.05) is 11.8 Å².